The second-order valence-corrected chi connectivity index (χ2v) is 5.91. The molecule has 2 aromatic rings. The van der Waals surface area contributed by atoms with E-state index in [1.54, 1.807) is 36.1 Å². The molecule has 0 heterocycles. The molecule has 0 aliphatic carbocycles. The van der Waals surface area contributed by atoms with Crippen LogP contribution >= 0.6 is 12.4 Å². The van der Waals surface area contributed by atoms with Crippen LogP contribution in [0.2, 0.25) is 0 Å². The van der Waals surface area contributed by atoms with Crippen LogP contribution in [0.3, 0.4) is 0 Å². The minimum atomic E-state index is -0.602. The Morgan fingerprint density at radius 2 is 1.58 bits per heavy atom. The first-order chi connectivity index (χ1) is 12.1. The van der Waals surface area contributed by atoms with E-state index in [2.05, 4.69) is 5.32 Å². The molecule has 2 amide bonds. The zero-order valence-corrected chi connectivity index (χ0v) is 15.7. The summed E-state index contributed by atoms with van der Waals surface area (Å²) in [5.41, 5.74) is 7.35. The van der Waals surface area contributed by atoms with Gasteiger partial charge in [-0.05, 0) is 31.0 Å². The Bertz CT molecular complexity index is 680. The number of carbonyl (C=O) groups is 2. The predicted molar refractivity (Wildman–Crippen MR) is 106 cm³/mol. The summed E-state index contributed by atoms with van der Waals surface area (Å²) in [5.74, 6) is -0.372. The SMILES string of the molecule is CC(NC(=O)c1ccccc1)C(=O)N(CCN)CCc1ccccc1.Cl. The lowest BCUT2D eigenvalue weighted by Crippen LogP contribution is -2.48. The third kappa shape index (κ3) is 6.50. The Morgan fingerprint density at radius 3 is 2.15 bits per heavy atom. The van der Waals surface area contributed by atoms with Crippen molar-refractivity contribution in [1.29, 1.82) is 0 Å². The zero-order valence-electron chi connectivity index (χ0n) is 14.9. The van der Waals surface area contributed by atoms with Gasteiger partial charge in [-0.3, -0.25) is 9.59 Å². The maximum Gasteiger partial charge on any atom is 0.251 e. The van der Waals surface area contributed by atoms with Gasteiger partial charge in [0, 0.05) is 25.2 Å². The van der Waals surface area contributed by atoms with Crippen LogP contribution in [0.5, 0.6) is 0 Å². The quantitative estimate of drug-likeness (QED) is 0.743. The molecule has 2 aromatic carbocycles. The van der Waals surface area contributed by atoms with Crippen molar-refractivity contribution in [2.24, 2.45) is 5.73 Å². The number of hydrogen-bond acceptors (Lipinski definition) is 3. The van der Waals surface area contributed by atoms with Crippen molar-refractivity contribution < 1.29 is 9.59 Å². The lowest BCUT2D eigenvalue weighted by molar-refractivity contribution is -0.132. The highest BCUT2D eigenvalue weighted by molar-refractivity contribution is 5.97. The molecule has 5 nitrogen and oxygen atoms in total. The Balaban J connectivity index is 0.00000338. The number of nitrogens with one attached hydrogen (secondary N) is 1. The Kier molecular flexibility index (Phi) is 9.41. The molecule has 2 rings (SSSR count). The number of halogens is 1. The molecule has 6 heteroatoms. The van der Waals surface area contributed by atoms with Crippen molar-refractivity contribution in [3.63, 3.8) is 0 Å². The highest BCUT2D eigenvalue weighted by Gasteiger charge is 2.22. The summed E-state index contributed by atoms with van der Waals surface area (Å²) >= 11 is 0. The number of carbonyl (C=O) groups excluding carboxylic acids is 2. The van der Waals surface area contributed by atoms with Gasteiger partial charge in [-0.2, -0.15) is 0 Å². The molecule has 0 spiro atoms. The van der Waals surface area contributed by atoms with Crippen molar-refractivity contribution in [2.45, 2.75) is 19.4 Å². The van der Waals surface area contributed by atoms with Gasteiger partial charge in [-0.15, -0.1) is 12.4 Å². The van der Waals surface area contributed by atoms with Gasteiger partial charge in [-0.1, -0.05) is 48.5 Å². The molecule has 1 unspecified atom stereocenters. The zero-order chi connectivity index (χ0) is 18.1. The second-order valence-electron chi connectivity index (χ2n) is 5.91. The summed E-state index contributed by atoms with van der Waals surface area (Å²) in [4.78, 5) is 26.6. The number of benzene rings is 2. The fraction of sp³-hybridized carbons (Fsp3) is 0.300. The molecule has 0 aliphatic rings. The lowest BCUT2D eigenvalue weighted by atomic mass is 10.1. The fourth-order valence-electron chi connectivity index (χ4n) is 2.60. The van der Waals surface area contributed by atoms with Crippen LogP contribution in [0.25, 0.3) is 0 Å². The first-order valence-corrected chi connectivity index (χ1v) is 8.50. The molecule has 1 atom stereocenters. The molecule has 0 aliphatic heterocycles. The maximum absolute atomic E-state index is 12.7. The standard InChI is InChI=1S/C20H25N3O2.ClH/c1-16(22-19(24)18-10-6-3-7-11-18)20(25)23(15-13-21)14-12-17-8-4-2-5-9-17;/h2-11,16H,12-15,21H2,1H3,(H,22,24);1H. The summed E-state index contributed by atoms with van der Waals surface area (Å²) in [6, 6.07) is 18.3. The fourth-order valence-corrected chi connectivity index (χ4v) is 2.60. The maximum atomic E-state index is 12.7. The predicted octanol–water partition coefficient (Wildman–Crippen LogP) is 2.26. The molecule has 3 N–H and O–H groups in total. The minimum Gasteiger partial charge on any atom is -0.341 e. The van der Waals surface area contributed by atoms with Crippen LogP contribution < -0.4 is 11.1 Å². The van der Waals surface area contributed by atoms with Gasteiger partial charge in [-0.25, -0.2) is 0 Å². The smallest absolute Gasteiger partial charge is 0.251 e. The first-order valence-electron chi connectivity index (χ1n) is 8.50. The summed E-state index contributed by atoms with van der Waals surface area (Å²) < 4.78 is 0. The normalized spacial score (nSPS) is 11.2. The van der Waals surface area contributed by atoms with E-state index >= 15 is 0 Å². The van der Waals surface area contributed by atoms with Gasteiger partial charge in [0.15, 0.2) is 0 Å². The molecule has 0 fully saturated rings. The molecule has 140 valence electrons. The third-order valence-electron chi connectivity index (χ3n) is 3.98. The summed E-state index contributed by atoms with van der Waals surface area (Å²) in [7, 11) is 0. The van der Waals surface area contributed by atoms with E-state index in [4.69, 9.17) is 5.73 Å². The molecular formula is C20H26ClN3O2. The lowest BCUT2D eigenvalue weighted by Gasteiger charge is -2.26. The van der Waals surface area contributed by atoms with Crippen molar-refractivity contribution in [3.05, 3.63) is 71.8 Å². The Labute approximate surface area is 161 Å². The van der Waals surface area contributed by atoms with E-state index in [1.807, 2.05) is 36.4 Å². The van der Waals surface area contributed by atoms with Crippen LogP contribution in [0.4, 0.5) is 0 Å². The number of hydrogen-bond donors (Lipinski definition) is 2. The van der Waals surface area contributed by atoms with E-state index in [1.165, 1.54) is 5.56 Å². The topological polar surface area (TPSA) is 75.4 Å². The molecule has 0 radical (unpaired) electrons. The number of nitrogens with zero attached hydrogens (tertiary/aromatic N) is 1. The molecule has 0 saturated heterocycles. The molecule has 0 bridgehead atoms. The molecule has 0 aromatic heterocycles. The van der Waals surface area contributed by atoms with E-state index in [-0.39, 0.29) is 24.2 Å². The second kappa shape index (κ2) is 11.3. The summed E-state index contributed by atoms with van der Waals surface area (Å²) in [6.07, 6.45) is 0.756. The average Bonchev–Trinajstić information content (AvgIpc) is 2.66. The first kappa shape index (κ1) is 21.7. The van der Waals surface area contributed by atoms with E-state index < -0.39 is 6.04 Å². The van der Waals surface area contributed by atoms with Gasteiger partial charge in [0.2, 0.25) is 5.91 Å². The highest BCUT2D eigenvalue weighted by atomic mass is 35.5. The van der Waals surface area contributed by atoms with Crippen molar-refractivity contribution in [2.75, 3.05) is 19.6 Å². The molecular weight excluding hydrogens is 350 g/mol. The monoisotopic (exact) mass is 375 g/mol. The molecule has 0 saturated carbocycles. The van der Waals surface area contributed by atoms with Crippen molar-refractivity contribution >= 4 is 24.2 Å². The van der Waals surface area contributed by atoms with E-state index in [9.17, 15) is 9.59 Å². The van der Waals surface area contributed by atoms with Gasteiger partial charge in [0.25, 0.3) is 5.91 Å². The van der Waals surface area contributed by atoms with E-state index in [0.29, 0.717) is 25.2 Å². The summed E-state index contributed by atoms with van der Waals surface area (Å²) in [6.45, 7) is 3.14. The number of rotatable bonds is 8. The average molecular weight is 376 g/mol. The van der Waals surface area contributed by atoms with Crippen LogP contribution in [-0.4, -0.2) is 42.4 Å². The number of amides is 2. The van der Waals surface area contributed by atoms with Crippen molar-refractivity contribution in [1.82, 2.24) is 10.2 Å². The van der Waals surface area contributed by atoms with Crippen LogP contribution in [0, 0.1) is 0 Å². The van der Waals surface area contributed by atoms with Crippen LogP contribution in [-0.2, 0) is 11.2 Å². The van der Waals surface area contributed by atoms with Gasteiger partial charge in [0.1, 0.15) is 6.04 Å². The van der Waals surface area contributed by atoms with Crippen LogP contribution in [0.15, 0.2) is 60.7 Å². The minimum absolute atomic E-state index is 0. The number of nitrogens with two attached hydrogens (primary N) is 1. The largest absolute Gasteiger partial charge is 0.341 e. The third-order valence-corrected chi connectivity index (χ3v) is 3.98. The van der Waals surface area contributed by atoms with Gasteiger partial charge in [0.05, 0.1) is 0 Å². The summed E-state index contributed by atoms with van der Waals surface area (Å²) in [5, 5.41) is 2.76. The van der Waals surface area contributed by atoms with Gasteiger partial charge >= 0.3 is 0 Å². The Morgan fingerprint density at radius 1 is 1.00 bits per heavy atom. The van der Waals surface area contributed by atoms with E-state index in [0.717, 1.165) is 6.42 Å². The van der Waals surface area contributed by atoms with Gasteiger partial charge < -0.3 is 16.0 Å². The Hall–Kier alpha value is -2.37. The molecule has 26 heavy (non-hydrogen) atoms. The highest BCUT2D eigenvalue weighted by Crippen LogP contribution is 2.04. The van der Waals surface area contributed by atoms with Crippen LogP contribution in [0.1, 0.15) is 22.8 Å². The van der Waals surface area contributed by atoms with Crippen molar-refractivity contribution in [3.8, 4) is 0 Å².